The highest BCUT2D eigenvalue weighted by Crippen LogP contribution is 2.45. The molecule has 0 aliphatic heterocycles. The maximum atomic E-state index is 12.9. The van der Waals surface area contributed by atoms with Crippen LogP contribution in [-0.2, 0) is 10.9 Å². The van der Waals surface area contributed by atoms with E-state index in [1.54, 1.807) is 13.2 Å². The molecule has 0 saturated heterocycles. The van der Waals surface area contributed by atoms with E-state index in [9.17, 15) is 13.2 Å². The second-order valence-corrected chi connectivity index (χ2v) is 5.63. The van der Waals surface area contributed by atoms with E-state index in [0.717, 1.165) is 38.3 Å². The van der Waals surface area contributed by atoms with Gasteiger partial charge in [0.15, 0.2) is 0 Å². The van der Waals surface area contributed by atoms with Crippen molar-refractivity contribution in [2.45, 2.75) is 50.4 Å². The highest BCUT2D eigenvalue weighted by molar-refractivity contribution is 5.30. The molecule has 21 heavy (non-hydrogen) atoms. The third-order valence-electron chi connectivity index (χ3n) is 4.28. The van der Waals surface area contributed by atoms with Gasteiger partial charge in [0, 0.05) is 7.11 Å². The zero-order chi connectivity index (χ0) is 15.5. The lowest BCUT2D eigenvalue weighted by Gasteiger charge is -2.47. The third kappa shape index (κ3) is 3.40. The molecule has 5 heteroatoms. The van der Waals surface area contributed by atoms with E-state index in [2.05, 4.69) is 5.32 Å². The Labute approximate surface area is 123 Å². The second-order valence-electron chi connectivity index (χ2n) is 5.63. The standard InChI is InChI=1S/C16H22F3NO/c1-3-10-20-14(15(21-2)8-5-9-15)12-6-4-7-13(11-12)16(17,18)19/h4,6-7,11,14,20H,3,5,8-10H2,1-2H3. The van der Waals surface area contributed by atoms with Crippen molar-refractivity contribution in [1.29, 1.82) is 0 Å². The molecule has 1 atom stereocenters. The predicted octanol–water partition coefficient (Wildman–Crippen LogP) is 4.32. The predicted molar refractivity (Wildman–Crippen MR) is 76.1 cm³/mol. The van der Waals surface area contributed by atoms with Gasteiger partial charge in [-0.1, -0.05) is 19.1 Å². The first-order chi connectivity index (χ1) is 9.93. The van der Waals surface area contributed by atoms with Crippen LogP contribution in [0.15, 0.2) is 24.3 Å². The smallest absolute Gasteiger partial charge is 0.376 e. The first-order valence-electron chi connectivity index (χ1n) is 7.38. The molecule has 2 rings (SSSR count). The summed E-state index contributed by atoms with van der Waals surface area (Å²) in [4.78, 5) is 0. The van der Waals surface area contributed by atoms with Gasteiger partial charge in [0.1, 0.15) is 0 Å². The lowest BCUT2D eigenvalue weighted by Crippen LogP contribution is -2.50. The summed E-state index contributed by atoms with van der Waals surface area (Å²) in [6.07, 6.45) is -0.584. The van der Waals surface area contributed by atoms with Crippen LogP contribution >= 0.6 is 0 Å². The molecule has 0 spiro atoms. The zero-order valence-electron chi connectivity index (χ0n) is 12.5. The first kappa shape index (κ1) is 16.3. The van der Waals surface area contributed by atoms with Crippen molar-refractivity contribution in [3.05, 3.63) is 35.4 Å². The van der Waals surface area contributed by atoms with Crippen LogP contribution in [0, 0.1) is 0 Å². The van der Waals surface area contributed by atoms with E-state index in [4.69, 9.17) is 4.74 Å². The topological polar surface area (TPSA) is 21.3 Å². The molecule has 1 saturated carbocycles. The minimum absolute atomic E-state index is 0.196. The Morgan fingerprint density at radius 2 is 2.05 bits per heavy atom. The van der Waals surface area contributed by atoms with Gasteiger partial charge in [0.2, 0.25) is 0 Å². The molecular formula is C16H22F3NO. The van der Waals surface area contributed by atoms with Gasteiger partial charge in [-0.3, -0.25) is 0 Å². The lowest BCUT2D eigenvalue weighted by molar-refractivity contribution is -0.137. The summed E-state index contributed by atoms with van der Waals surface area (Å²) in [7, 11) is 1.65. The Hall–Kier alpha value is -1.07. The van der Waals surface area contributed by atoms with E-state index in [-0.39, 0.29) is 11.6 Å². The molecule has 118 valence electrons. The Morgan fingerprint density at radius 1 is 1.33 bits per heavy atom. The van der Waals surface area contributed by atoms with Gasteiger partial charge < -0.3 is 10.1 Å². The quantitative estimate of drug-likeness (QED) is 0.845. The van der Waals surface area contributed by atoms with Crippen LogP contribution in [0.2, 0.25) is 0 Å². The van der Waals surface area contributed by atoms with Crippen molar-refractivity contribution in [2.75, 3.05) is 13.7 Å². The maximum Gasteiger partial charge on any atom is 0.416 e. The summed E-state index contributed by atoms with van der Waals surface area (Å²) < 4.78 is 44.4. The largest absolute Gasteiger partial charge is 0.416 e. The third-order valence-corrected chi connectivity index (χ3v) is 4.28. The number of hydrogen-bond donors (Lipinski definition) is 1. The molecule has 0 heterocycles. The van der Waals surface area contributed by atoms with Crippen LogP contribution < -0.4 is 5.32 Å². The number of rotatable bonds is 6. The number of methoxy groups -OCH3 is 1. The average Bonchev–Trinajstić information content (AvgIpc) is 2.41. The van der Waals surface area contributed by atoms with E-state index < -0.39 is 11.7 Å². The Balaban J connectivity index is 2.32. The minimum atomic E-state index is -4.31. The number of benzene rings is 1. The molecule has 1 aliphatic carbocycles. The monoisotopic (exact) mass is 301 g/mol. The lowest BCUT2D eigenvalue weighted by atomic mass is 9.72. The molecule has 1 N–H and O–H groups in total. The number of ether oxygens (including phenoxy) is 1. The van der Waals surface area contributed by atoms with Crippen molar-refractivity contribution in [3.8, 4) is 0 Å². The summed E-state index contributed by atoms with van der Waals surface area (Å²) >= 11 is 0. The highest BCUT2D eigenvalue weighted by atomic mass is 19.4. The van der Waals surface area contributed by atoms with Crippen molar-refractivity contribution in [3.63, 3.8) is 0 Å². The van der Waals surface area contributed by atoms with Crippen molar-refractivity contribution < 1.29 is 17.9 Å². The van der Waals surface area contributed by atoms with Crippen LogP contribution in [0.5, 0.6) is 0 Å². The molecular weight excluding hydrogens is 279 g/mol. The molecule has 1 aromatic rings. The van der Waals surface area contributed by atoms with Crippen LogP contribution in [-0.4, -0.2) is 19.3 Å². The molecule has 0 radical (unpaired) electrons. The van der Waals surface area contributed by atoms with Crippen molar-refractivity contribution in [2.24, 2.45) is 0 Å². The Bertz CT molecular complexity index is 463. The van der Waals surface area contributed by atoms with E-state index >= 15 is 0 Å². The Kier molecular flexibility index (Phi) is 4.94. The summed E-state index contributed by atoms with van der Waals surface area (Å²) in [5.74, 6) is 0. The summed E-state index contributed by atoms with van der Waals surface area (Å²) in [6.45, 7) is 2.79. The van der Waals surface area contributed by atoms with Gasteiger partial charge in [-0.05, 0) is 49.9 Å². The molecule has 0 aromatic heterocycles. The van der Waals surface area contributed by atoms with Crippen LogP contribution in [0.4, 0.5) is 13.2 Å². The van der Waals surface area contributed by atoms with Crippen LogP contribution in [0.25, 0.3) is 0 Å². The molecule has 0 bridgehead atoms. The van der Waals surface area contributed by atoms with E-state index in [1.807, 2.05) is 6.92 Å². The van der Waals surface area contributed by atoms with Gasteiger partial charge in [0.05, 0.1) is 17.2 Å². The molecule has 2 nitrogen and oxygen atoms in total. The molecule has 0 amide bonds. The van der Waals surface area contributed by atoms with E-state index in [0.29, 0.717) is 5.56 Å². The minimum Gasteiger partial charge on any atom is -0.376 e. The molecule has 1 aromatic carbocycles. The fraction of sp³-hybridized carbons (Fsp3) is 0.625. The maximum absolute atomic E-state index is 12.9. The van der Waals surface area contributed by atoms with Gasteiger partial charge in [-0.2, -0.15) is 13.2 Å². The second kappa shape index (κ2) is 6.36. The highest BCUT2D eigenvalue weighted by Gasteiger charge is 2.45. The number of hydrogen-bond acceptors (Lipinski definition) is 2. The van der Waals surface area contributed by atoms with Crippen LogP contribution in [0.3, 0.4) is 0 Å². The SMILES string of the molecule is CCCNC(c1cccc(C(F)(F)F)c1)C1(OC)CCC1. The number of halogens is 3. The zero-order valence-corrected chi connectivity index (χ0v) is 12.5. The van der Waals surface area contributed by atoms with Gasteiger partial charge in [-0.15, -0.1) is 0 Å². The molecule has 1 aliphatic rings. The molecule has 1 unspecified atom stereocenters. The fourth-order valence-electron chi connectivity index (χ4n) is 2.93. The van der Waals surface area contributed by atoms with Gasteiger partial charge in [0.25, 0.3) is 0 Å². The normalized spacial score (nSPS) is 19.1. The Morgan fingerprint density at radius 3 is 2.52 bits per heavy atom. The molecule has 1 fully saturated rings. The van der Waals surface area contributed by atoms with Crippen molar-refractivity contribution in [1.82, 2.24) is 5.32 Å². The van der Waals surface area contributed by atoms with Gasteiger partial charge in [-0.25, -0.2) is 0 Å². The van der Waals surface area contributed by atoms with Crippen molar-refractivity contribution >= 4 is 0 Å². The average molecular weight is 301 g/mol. The van der Waals surface area contributed by atoms with E-state index in [1.165, 1.54) is 12.1 Å². The van der Waals surface area contributed by atoms with Gasteiger partial charge >= 0.3 is 6.18 Å². The summed E-state index contributed by atoms with van der Waals surface area (Å²) in [5, 5.41) is 3.37. The number of alkyl halides is 3. The fourth-order valence-corrected chi connectivity index (χ4v) is 2.93. The summed E-state index contributed by atoms with van der Waals surface area (Å²) in [5.41, 5.74) is -0.326. The number of nitrogens with one attached hydrogen (secondary N) is 1. The first-order valence-corrected chi connectivity index (χ1v) is 7.38. The van der Waals surface area contributed by atoms with Crippen LogP contribution in [0.1, 0.15) is 49.8 Å². The summed E-state index contributed by atoms with van der Waals surface area (Å²) in [6, 6.07) is 5.38.